The molecule has 2 aliphatic heterocycles. The van der Waals surface area contributed by atoms with Crippen molar-refractivity contribution in [3.8, 4) is 6.07 Å². The molecule has 2 unspecified atom stereocenters. The average Bonchev–Trinajstić information content (AvgIpc) is 2.69. The molecule has 3 nitrogen and oxygen atoms in total. The summed E-state index contributed by atoms with van der Waals surface area (Å²) in [5, 5.41) is 23.1. The Balaban J connectivity index is 1.89. The highest BCUT2D eigenvalue weighted by molar-refractivity contribution is 5.34. The molecule has 0 aromatic heterocycles. The zero-order chi connectivity index (χ0) is 11.9. The van der Waals surface area contributed by atoms with Crippen LogP contribution >= 0.6 is 0 Å². The van der Waals surface area contributed by atoms with E-state index >= 15 is 0 Å². The van der Waals surface area contributed by atoms with Crippen LogP contribution in [0.25, 0.3) is 0 Å². The Morgan fingerprint density at radius 1 is 1.18 bits per heavy atom. The lowest BCUT2D eigenvalue weighted by atomic mass is 9.81. The summed E-state index contributed by atoms with van der Waals surface area (Å²) < 4.78 is 0. The largest absolute Gasteiger partial charge is 0.385 e. The maximum absolute atomic E-state index is 10.8. The SMILES string of the molecule is N#Cc1ccc(C2(O)CC3CCC(C2)N3)cc1. The molecule has 88 valence electrons. The van der Waals surface area contributed by atoms with Gasteiger partial charge in [-0.25, -0.2) is 0 Å². The zero-order valence-electron chi connectivity index (χ0n) is 9.69. The van der Waals surface area contributed by atoms with Crippen molar-refractivity contribution in [3.63, 3.8) is 0 Å². The molecule has 0 saturated carbocycles. The van der Waals surface area contributed by atoms with Crippen molar-refractivity contribution in [2.45, 2.75) is 43.4 Å². The van der Waals surface area contributed by atoms with Crippen LogP contribution in [-0.2, 0) is 5.60 Å². The van der Waals surface area contributed by atoms with Crippen LogP contribution in [-0.4, -0.2) is 17.2 Å². The summed E-state index contributed by atoms with van der Waals surface area (Å²) in [6.45, 7) is 0. The Morgan fingerprint density at radius 3 is 2.29 bits per heavy atom. The normalized spacial score (nSPS) is 35.5. The van der Waals surface area contributed by atoms with Crippen LogP contribution in [0.5, 0.6) is 0 Å². The van der Waals surface area contributed by atoms with Gasteiger partial charge in [-0.1, -0.05) is 12.1 Å². The third-order valence-corrected chi connectivity index (χ3v) is 4.05. The van der Waals surface area contributed by atoms with Crippen molar-refractivity contribution in [2.24, 2.45) is 0 Å². The molecule has 1 aromatic carbocycles. The molecule has 0 aliphatic carbocycles. The van der Waals surface area contributed by atoms with E-state index in [9.17, 15) is 5.11 Å². The van der Waals surface area contributed by atoms with Gasteiger partial charge in [-0.05, 0) is 43.4 Å². The molecule has 17 heavy (non-hydrogen) atoms. The molecule has 2 heterocycles. The van der Waals surface area contributed by atoms with Crippen LogP contribution in [0.3, 0.4) is 0 Å². The first kappa shape index (κ1) is 10.8. The van der Waals surface area contributed by atoms with Gasteiger partial charge in [0, 0.05) is 12.1 Å². The van der Waals surface area contributed by atoms with Gasteiger partial charge in [0.1, 0.15) is 0 Å². The molecule has 2 N–H and O–H groups in total. The summed E-state index contributed by atoms with van der Waals surface area (Å²) in [5.41, 5.74) is 0.898. The highest BCUT2D eigenvalue weighted by Gasteiger charge is 2.43. The van der Waals surface area contributed by atoms with E-state index in [4.69, 9.17) is 5.26 Å². The van der Waals surface area contributed by atoms with Gasteiger partial charge in [-0.2, -0.15) is 5.26 Å². The second kappa shape index (κ2) is 3.83. The molecule has 3 heteroatoms. The quantitative estimate of drug-likeness (QED) is 0.768. The minimum absolute atomic E-state index is 0.453. The minimum Gasteiger partial charge on any atom is -0.385 e. The Hall–Kier alpha value is -1.37. The number of nitrogens with zero attached hydrogens (tertiary/aromatic N) is 1. The Labute approximate surface area is 101 Å². The maximum atomic E-state index is 10.8. The summed E-state index contributed by atoms with van der Waals surface area (Å²) in [4.78, 5) is 0. The monoisotopic (exact) mass is 228 g/mol. The third kappa shape index (κ3) is 1.84. The van der Waals surface area contributed by atoms with Crippen molar-refractivity contribution < 1.29 is 5.11 Å². The first-order valence-electron chi connectivity index (χ1n) is 6.19. The molecule has 2 fully saturated rings. The lowest BCUT2D eigenvalue weighted by Gasteiger charge is -2.37. The van der Waals surface area contributed by atoms with E-state index in [0.29, 0.717) is 17.6 Å². The topological polar surface area (TPSA) is 56.0 Å². The number of nitriles is 1. The van der Waals surface area contributed by atoms with Gasteiger partial charge in [0.2, 0.25) is 0 Å². The first-order chi connectivity index (χ1) is 8.19. The van der Waals surface area contributed by atoms with Crippen molar-refractivity contribution in [1.82, 2.24) is 5.32 Å². The third-order valence-electron chi connectivity index (χ3n) is 4.05. The fourth-order valence-corrected chi connectivity index (χ4v) is 3.21. The van der Waals surface area contributed by atoms with E-state index in [2.05, 4.69) is 11.4 Å². The lowest BCUT2D eigenvalue weighted by Crippen LogP contribution is -2.46. The molecular weight excluding hydrogens is 212 g/mol. The molecule has 3 rings (SSSR count). The summed E-state index contributed by atoms with van der Waals surface area (Å²) in [7, 11) is 0. The number of nitrogens with one attached hydrogen (secondary N) is 1. The standard InChI is InChI=1S/C14H16N2O/c15-9-10-1-3-11(4-2-10)14(17)7-12-5-6-13(8-14)16-12/h1-4,12-13,16-17H,5-8H2. The van der Waals surface area contributed by atoms with E-state index in [0.717, 1.165) is 18.4 Å². The fraction of sp³-hybridized carbons (Fsp3) is 0.500. The Kier molecular flexibility index (Phi) is 2.43. The lowest BCUT2D eigenvalue weighted by molar-refractivity contribution is -0.0114. The number of rotatable bonds is 1. The van der Waals surface area contributed by atoms with Crippen LogP contribution in [0.2, 0.25) is 0 Å². The van der Waals surface area contributed by atoms with Gasteiger partial charge in [-0.3, -0.25) is 0 Å². The summed E-state index contributed by atoms with van der Waals surface area (Å²) in [5.74, 6) is 0. The van der Waals surface area contributed by atoms with Gasteiger partial charge in [0.05, 0.1) is 17.2 Å². The predicted octanol–water partition coefficient (Wildman–Crippen LogP) is 1.66. The molecule has 2 atom stereocenters. The van der Waals surface area contributed by atoms with Crippen molar-refractivity contribution in [3.05, 3.63) is 35.4 Å². The molecular formula is C14H16N2O. The summed E-state index contributed by atoms with van der Waals surface area (Å²) >= 11 is 0. The highest BCUT2D eigenvalue weighted by atomic mass is 16.3. The predicted molar refractivity (Wildman–Crippen MR) is 64.2 cm³/mol. The smallest absolute Gasteiger partial charge is 0.0991 e. The number of benzene rings is 1. The molecule has 1 aromatic rings. The zero-order valence-corrected chi connectivity index (χ0v) is 9.69. The van der Waals surface area contributed by atoms with E-state index in [-0.39, 0.29) is 0 Å². The summed E-state index contributed by atoms with van der Waals surface area (Å²) in [6, 6.07) is 10.4. The molecule has 0 radical (unpaired) electrons. The van der Waals surface area contributed by atoms with Crippen molar-refractivity contribution >= 4 is 0 Å². The average molecular weight is 228 g/mol. The molecule has 0 amide bonds. The second-order valence-electron chi connectivity index (χ2n) is 5.27. The molecule has 0 spiro atoms. The van der Waals surface area contributed by atoms with Crippen molar-refractivity contribution in [1.29, 1.82) is 5.26 Å². The number of fused-ring (bicyclic) bond motifs is 2. The van der Waals surface area contributed by atoms with Gasteiger partial charge in [0.15, 0.2) is 0 Å². The highest BCUT2D eigenvalue weighted by Crippen LogP contribution is 2.40. The van der Waals surface area contributed by atoms with Gasteiger partial charge in [0.25, 0.3) is 0 Å². The van der Waals surface area contributed by atoms with Crippen LogP contribution in [0.15, 0.2) is 24.3 Å². The first-order valence-corrected chi connectivity index (χ1v) is 6.19. The van der Waals surface area contributed by atoms with E-state index < -0.39 is 5.60 Å². The number of hydrogen-bond acceptors (Lipinski definition) is 3. The van der Waals surface area contributed by atoms with Crippen LogP contribution in [0.4, 0.5) is 0 Å². The Morgan fingerprint density at radius 2 is 1.76 bits per heavy atom. The fourth-order valence-electron chi connectivity index (χ4n) is 3.21. The van der Waals surface area contributed by atoms with Gasteiger partial charge >= 0.3 is 0 Å². The van der Waals surface area contributed by atoms with Gasteiger partial charge in [-0.15, -0.1) is 0 Å². The molecule has 2 bridgehead atoms. The maximum Gasteiger partial charge on any atom is 0.0991 e. The van der Waals surface area contributed by atoms with E-state index in [1.54, 1.807) is 12.1 Å². The number of aliphatic hydroxyl groups is 1. The van der Waals surface area contributed by atoms with Crippen LogP contribution < -0.4 is 5.32 Å². The van der Waals surface area contributed by atoms with E-state index in [1.807, 2.05) is 12.1 Å². The number of hydrogen-bond donors (Lipinski definition) is 2. The van der Waals surface area contributed by atoms with Crippen LogP contribution in [0.1, 0.15) is 36.8 Å². The minimum atomic E-state index is -0.703. The second-order valence-corrected chi connectivity index (χ2v) is 5.27. The number of piperidine rings is 1. The molecule has 2 saturated heterocycles. The van der Waals surface area contributed by atoms with Crippen LogP contribution in [0, 0.1) is 11.3 Å². The van der Waals surface area contributed by atoms with Gasteiger partial charge < -0.3 is 10.4 Å². The summed E-state index contributed by atoms with van der Waals surface area (Å²) in [6.07, 6.45) is 3.91. The molecule has 2 aliphatic rings. The van der Waals surface area contributed by atoms with E-state index in [1.165, 1.54) is 12.8 Å². The van der Waals surface area contributed by atoms with Crippen molar-refractivity contribution in [2.75, 3.05) is 0 Å². The Bertz CT molecular complexity index is 448.